The molecule has 0 amide bonds. The van der Waals surface area contributed by atoms with Crippen molar-refractivity contribution >= 4 is 90.9 Å². The lowest BCUT2D eigenvalue weighted by Gasteiger charge is -2.06. The minimum atomic E-state index is -1.01. The lowest BCUT2D eigenvalue weighted by atomic mass is 10.2. The van der Waals surface area contributed by atoms with E-state index in [1.165, 1.54) is 0 Å². The van der Waals surface area contributed by atoms with Crippen molar-refractivity contribution in [2.45, 2.75) is 0 Å². The highest BCUT2D eigenvalue weighted by Crippen LogP contribution is 2.33. The number of carboxylic acids is 1. The van der Waals surface area contributed by atoms with Crippen molar-refractivity contribution in [2.24, 2.45) is 4.36 Å². The lowest BCUT2D eigenvalue weighted by Crippen LogP contribution is -2.04. The number of hydrogen-bond acceptors (Lipinski definition) is 3. The molecule has 0 aliphatic carbocycles. The predicted octanol–water partition coefficient (Wildman–Crippen LogP) is 3.23. The van der Waals surface area contributed by atoms with E-state index in [-0.39, 0.29) is 17.0 Å². The first kappa shape index (κ1) is 13.8. The number of nitrogens with zero attached hydrogens (tertiary/aromatic N) is 1. The third-order valence-corrected chi connectivity index (χ3v) is 4.47. The first-order valence-electron chi connectivity index (χ1n) is 3.39. The Hall–Kier alpha value is 0.700. The van der Waals surface area contributed by atoms with E-state index in [0.717, 1.165) is 3.57 Å². The summed E-state index contributed by atoms with van der Waals surface area (Å²) in [6.45, 7) is 0. The topological polar surface area (TPSA) is 66.7 Å². The van der Waals surface area contributed by atoms with Gasteiger partial charge in [-0.3, -0.25) is 0 Å². The quantitative estimate of drug-likeness (QED) is 0.565. The lowest BCUT2D eigenvalue weighted by molar-refractivity contribution is 0.0694. The highest BCUT2D eigenvalue weighted by atomic mass is 127. The molecule has 0 atom stereocenters. The van der Waals surface area contributed by atoms with Gasteiger partial charge in [0.05, 0.1) is 9.13 Å². The van der Waals surface area contributed by atoms with Crippen molar-refractivity contribution in [3.8, 4) is 0 Å². The molecule has 0 aromatic heterocycles. The van der Waals surface area contributed by atoms with Gasteiger partial charge in [-0.2, -0.15) is 8.57 Å². The van der Waals surface area contributed by atoms with Crippen molar-refractivity contribution in [1.29, 1.82) is 0 Å². The Morgan fingerprint density at radius 1 is 1.33 bits per heavy atom. The van der Waals surface area contributed by atoms with Crippen LogP contribution < -0.4 is 0 Å². The maximum Gasteiger partial charge on any atom is 0.337 e. The molecule has 0 radical (unpaired) electrons. The van der Waals surface area contributed by atoms with Crippen LogP contribution in [-0.4, -0.2) is 15.3 Å². The van der Waals surface area contributed by atoms with Gasteiger partial charge in [-0.1, -0.05) is 0 Å². The van der Waals surface area contributed by atoms with Gasteiger partial charge in [-0.05, 0) is 73.8 Å². The van der Waals surface area contributed by atoms with Crippen LogP contribution in [0.25, 0.3) is 0 Å². The second-order valence-electron chi connectivity index (χ2n) is 2.35. The number of halogens is 3. The molecule has 0 heterocycles. The van der Waals surface area contributed by atoms with E-state index < -0.39 is 5.97 Å². The van der Waals surface area contributed by atoms with Crippen molar-refractivity contribution in [1.82, 2.24) is 0 Å². The fourth-order valence-electron chi connectivity index (χ4n) is 0.897. The summed E-state index contributed by atoms with van der Waals surface area (Å²) in [6.07, 6.45) is 0. The van der Waals surface area contributed by atoms with Crippen molar-refractivity contribution in [3.63, 3.8) is 0 Å². The van der Waals surface area contributed by atoms with Crippen LogP contribution in [0.5, 0.6) is 0 Å². The van der Waals surface area contributed by atoms with Crippen LogP contribution in [0.2, 0.25) is 0 Å². The largest absolute Gasteiger partial charge is 0.478 e. The molecule has 1 aromatic carbocycles. The molecule has 0 saturated heterocycles. The molecule has 0 aliphatic heterocycles. The molecule has 0 aliphatic rings. The van der Waals surface area contributed by atoms with Gasteiger partial charge in [0.1, 0.15) is 5.69 Å². The van der Waals surface area contributed by atoms with Crippen LogP contribution >= 0.6 is 67.8 Å². The Labute approximate surface area is 130 Å². The molecular weight excluding hydrogens is 559 g/mol. The molecule has 0 unspecified atom stereocenters. The van der Waals surface area contributed by atoms with E-state index in [1.54, 1.807) is 6.07 Å². The summed E-state index contributed by atoms with van der Waals surface area (Å²) in [5.41, 5.74) is 0.637. The standard InChI is InChI=1S/C7H2I3NO3S/c8-2-1-3(9)6(11-15-14)5(10)4(2)7(12)13/h1H,(H,12,13). The Morgan fingerprint density at radius 2 is 1.93 bits per heavy atom. The molecule has 15 heavy (non-hydrogen) atoms. The van der Waals surface area contributed by atoms with Crippen LogP contribution in [0.15, 0.2) is 10.4 Å². The normalized spacial score (nSPS) is 9.80. The second-order valence-corrected chi connectivity index (χ2v) is 6.08. The molecule has 1 rings (SSSR count). The molecule has 4 nitrogen and oxygen atoms in total. The Morgan fingerprint density at radius 3 is 2.40 bits per heavy atom. The number of benzene rings is 1. The summed E-state index contributed by atoms with van der Waals surface area (Å²) in [7, 11) is 0. The Balaban J connectivity index is 3.63. The van der Waals surface area contributed by atoms with Crippen LogP contribution in [0.4, 0.5) is 5.69 Å². The summed E-state index contributed by atoms with van der Waals surface area (Å²) in [5, 5.41) is 8.99. The van der Waals surface area contributed by atoms with E-state index in [9.17, 15) is 9.00 Å². The van der Waals surface area contributed by atoms with Crippen LogP contribution in [0, 0.1) is 10.7 Å². The molecule has 0 fully saturated rings. The monoisotopic (exact) mass is 561 g/mol. The van der Waals surface area contributed by atoms with Gasteiger partial charge in [-0.15, -0.1) is 0 Å². The Bertz CT molecular complexity index is 459. The average molecular weight is 561 g/mol. The van der Waals surface area contributed by atoms with Crippen molar-refractivity contribution in [2.75, 3.05) is 0 Å². The van der Waals surface area contributed by atoms with Gasteiger partial charge in [0.25, 0.3) is 0 Å². The van der Waals surface area contributed by atoms with Crippen LogP contribution in [0.3, 0.4) is 0 Å². The number of carbonyl (C=O) groups is 1. The zero-order valence-corrected chi connectivity index (χ0v) is 14.1. The first-order valence-corrected chi connectivity index (χ1v) is 7.33. The zero-order chi connectivity index (χ0) is 11.6. The molecule has 1 aromatic rings. The third kappa shape index (κ3) is 3.09. The Kier molecular flexibility index (Phi) is 5.38. The van der Waals surface area contributed by atoms with Gasteiger partial charge in [-0.25, -0.2) is 4.79 Å². The van der Waals surface area contributed by atoms with E-state index in [0.29, 0.717) is 12.8 Å². The number of carboxylic acid groups (broad SMARTS) is 1. The van der Waals surface area contributed by atoms with Gasteiger partial charge in [0.15, 0.2) is 0 Å². The molecule has 1 N–H and O–H groups in total. The van der Waals surface area contributed by atoms with E-state index in [4.69, 9.17) is 5.11 Å². The third-order valence-electron chi connectivity index (χ3n) is 1.49. The van der Waals surface area contributed by atoms with E-state index >= 15 is 0 Å². The molecular formula is C7H2I3NO3S. The molecule has 0 bridgehead atoms. The summed E-state index contributed by atoms with van der Waals surface area (Å²) < 4.78 is 15.9. The maximum absolute atomic E-state index is 11.0. The first-order chi connectivity index (χ1) is 6.99. The van der Waals surface area contributed by atoms with E-state index in [2.05, 4.69) is 4.36 Å². The minimum Gasteiger partial charge on any atom is -0.478 e. The molecule has 80 valence electrons. The second kappa shape index (κ2) is 5.86. The summed E-state index contributed by atoms with van der Waals surface area (Å²) in [5.74, 6) is -1.01. The van der Waals surface area contributed by atoms with Crippen LogP contribution in [-0.2, 0) is 11.5 Å². The fourth-order valence-corrected chi connectivity index (χ4v) is 5.56. The SMILES string of the molecule is O=S=Nc1c(I)cc(I)c(C(=O)O)c1I. The highest BCUT2D eigenvalue weighted by molar-refractivity contribution is 14.1. The summed E-state index contributed by atoms with van der Waals surface area (Å²) in [4.78, 5) is 11.0. The fraction of sp³-hybridized carbons (Fsp3) is 0. The van der Waals surface area contributed by atoms with E-state index in [1.807, 2.05) is 67.8 Å². The van der Waals surface area contributed by atoms with Crippen molar-refractivity contribution < 1.29 is 14.1 Å². The maximum atomic E-state index is 11.0. The zero-order valence-electron chi connectivity index (χ0n) is 6.83. The smallest absolute Gasteiger partial charge is 0.337 e. The summed E-state index contributed by atoms with van der Waals surface area (Å²) >= 11 is 5.96. The number of rotatable bonds is 2. The van der Waals surface area contributed by atoms with Gasteiger partial charge in [0, 0.05) is 7.14 Å². The molecule has 8 heteroatoms. The predicted molar refractivity (Wildman–Crippen MR) is 81.8 cm³/mol. The molecule has 0 saturated carbocycles. The highest BCUT2D eigenvalue weighted by Gasteiger charge is 2.18. The van der Waals surface area contributed by atoms with Gasteiger partial charge in [0.2, 0.25) is 11.5 Å². The number of aromatic carboxylic acids is 1. The van der Waals surface area contributed by atoms with Gasteiger partial charge < -0.3 is 5.11 Å². The van der Waals surface area contributed by atoms with Gasteiger partial charge >= 0.3 is 5.97 Å². The summed E-state index contributed by atoms with van der Waals surface area (Å²) in [6, 6.07) is 1.70. The van der Waals surface area contributed by atoms with Crippen LogP contribution in [0.1, 0.15) is 10.4 Å². The minimum absolute atomic E-state index is 0.0794. The number of hydrogen-bond donors (Lipinski definition) is 1. The average Bonchev–Trinajstić information content (AvgIpc) is 2.11. The van der Waals surface area contributed by atoms with Crippen molar-refractivity contribution in [3.05, 3.63) is 22.3 Å². The molecule has 0 spiro atoms.